The summed E-state index contributed by atoms with van der Waals surface area (Å²) in [4.78, 5) is 11.2. The van der Waals surface area contributed by atoms with E-state index in [0.29, 0.717) is 5.76 Å². The van der Waals surface area contributed by atoms with E-state index in [-0.39, 0.29) is 35.0 Å². The van der Waals surface area contributed by atoms with Crippen molar-refractivity contribution in [2.45, 2.75) is 0 Å². The summed E-state index contributed by atoms with van der Waals surface area (Å²) < 4.78 is 5.63. The van der Waals surface area contributed by atoms with Gasteiger partial charge in [0.05, 0.1) is 0 Å². The number of hydrogen-bond donors (Lipinski definition) is 0. The molecule has 2 nitrogen and oxygen atoms in total. The van der Waals surface area contributed by atoms with Crippen LogP contribution in [0, 0.1) is 0 Å². The van der Waals surface area contributed by atoms with Gasteiger partial charge in [0.2, 0.25) is 0 Å². The zero-order valence-electron chi connectivity index (χ0n) is 7.94. The van der Waals surface area contributed by atoms with E-state index in [1.54, 1.807) is 12.1 Å². The molecule has 0 fully saturated rings. The average Bonchev–Trinajstić information content (AvgIpc) is 2.26. The second-order valence-corrected chi connectivity index (χ2v) is 3.48. The number of fused-ring (bicyclic) bond motifs is 2. The predicted octanol–water partition coefficient (Wildman–Crippen LogP) is 2.25. The Labute approximate surface area is 115 Å². The summed E-state index contributed by atoms with van der Waals surface area (Å²) in [7, 11) is 0. The Kier molecular flexibility index (Phi) is 3.15. The second kappa shape index (κ2) is 4.42. The van der Waals surface area contributed by atoms with Gasteiger partial charge in [-0.25, -0.2) is 0 Å². The summed E-state index contributed by atoms with van der Waals surface area (Å²) in [5, 5.41) is 1.05. The summed E-state index contributed by atoms with van der Waals surface area (Å²) in [6.07, 6.45) is 0. The third kappa shape index (κ3) is 1.92. The average molecular weight is 220 g/mol. The molecule has 3 heteroatoms. The minimum atomic E-state index is -0.0264. The first-order valence-electron chi connectivity index (χ1n) is 4.76. The molecule has 1 aliphatic heterocycles. The molecule has 74 valence electrons. The van der Waals surface area contributed by atoms with Crippen LogP contribution in [0.5, 0.6) is 0 Å². The first-order chi connectivity index (χ1) is 7.33. The number of benzene rings is 2. The van der Waals surface area contributed by atoms with Crippen LogP contribution < -0.4 is 5.43 Å². The van der Waals surface area contributed by atoms with Crippen LogP contribution in [0.15, 0.2) is 57.7 Å². The third-order valence-corrected chi connectivity index (χ3v) is 2.43. The molecule has 0 atom stereocenters. The Morgan fingerprint density at radius 1 is 0.938 bits per heavy atom. The van der Waals surface area contributed by atoms with Gasteiger partial charge in [0.1, 0.15) is 11.3 Å². The van der Waals surface area contributed by atoms with E-state index in [2.05, 4.69) is 0 Å². The molecule has 0 N–H and O–H groups in total. The van der Waals surface area contributed by atoms with Crippen molar-refractivity contribution in [1.82, 2.24) is 0 Å². The van der Waals surface area contributed by atoms with Crippen LogP contribution in [0.2, 0.25) is 0 Å². The summed E-state index contributed by atoms with van der Waals surface area (Å²) in [5.74, 6) is 0.640. The van der Waals surface area contributed by atoms with Gasteiger partial charge < -0.3 is 4.42 Å². The van der Waals surface area contributed by atoms with Crippen molar-refractivity contribution in [2.24, 2.45) is 0 Å². The van der Waals surface area contributed by atoms with E-state index in [1.807, 2.05) is 30.3 Å². The Hall–Kier alpha value is -1.09. The van der Waals surface area contributed by atoms with Crippen molar-refractivity contribution in [3.05, 3.63) is 58.8 Å². The summed E-state index contributed by atoms with van der Waals surface area (Å²) in [6.45, 7) is 0. The molecule has 0 unspecified atom stereocenters. The number of rotatable bonds is 0. The second-order valence-electron chi connectivity index (χ2n) is 3.48. The van der Waals surface area contributed by atoms with Crippen LogP contribution in [-0.4, -0.2) is 29.6 Å². The normalized spacial score (nSPS) is 10.2. The molecule has 0 bridgehead atoms. The van der Waals surface area contributed by atoms with E-state index < -0.39 is 0 Å². The molecular weight excluding hydrogens is 211 g/mol. The SMILES string of the molecule is O=c1ccc2cc3ccccc3oc-2c1.[NaH]. The monoisotopic (exact) mass is 220 g/mol. The van der Waals surface area contributed by atoms with Gasteiger partial charge in [0, 0.05) is 17.0 Å². The van der Waals surface area contributed by atoms with Crippen LogP contribution in [0.1, 0.15) is 0 Å². The molecule has 0 saturated heterocycles. The molecule has 0 aromatic heterocycles. The maximum absolute atomic E-state index is 11.2. The van der Waals surface area contributed by atoms with Gasteiger partial charge in [0.15, 0.2) is 5.43 Å². The van der Waals surface area contributed by atoms with Gasteiger partial charge in [-0.05, 0) is 24.3 Å². The zero-order chi connectivity index (χ0) is 10.3. The molecule has 1 aliphatic carbocycles. The third-order valence-electron chi connectivity index (χ3n) is 2.43. The molecule has 0 spiro atoms. The Balaban J connectivity index is 0.000000963. The van der Waals surface area contributed by atoms with Gasteiger partial charge in [-0.15, -0.1) is 0 Å². The molecule has 1 aromatic rings. The quantitative estimate of drug-likeness (QED) is 0.429. The first-order valence-corrected chi connectivity index (χ1v) is 4.76. The molecule has 1 aromatic carbocycles. The standard InChI is InChI=1S/C13H8O2.Na.H/c14-11-6-5-10-7-9-3-1-2-4-12(9)15-13(10)8-11;;/h1-8H;;. The van der Waals surface area contributed by atoms with Gasteiger partial charge >= 0.3 is 29.6 Å². The Morgan fingerprint density at radius 3 is 2.62 bits per heavy atom. The molecule has 3 rings (SSSR count). The summed E-state index contributed by atoms with van der Waals surface area (Å²) >= 11 is 0. The van der Waals surface area contributed by atoms with Crippen LogP contribution in [0.4, 0.5) is 0 Å². The van der Waals surface area contributed by atoms with Crippen molar-refractivity contribution < 1.29 is 4.42 Å². The van der Waals surface area contributed by atoms with Gasteiger partial charge in [-0.1, -0.05) is 18.2 Å². The van der Waals surface area contributed by atoms with E-state index in [0.717, 1.165) is 16.5 Å². The molecular formula is C13H9NaO2. The molecule has 0 radical (unpaired) electrons. The van der Waals surface area contributed by atoms with Crippen LogP contribution in [0.3, 0.4) is 0 Å². The fourth-order valence-electron chi connectivity index (χ4n) is 1.70. The number of para-hydroxylation sites is 1. The van der Waals surface area contributed by atoms with Gasteiger partial charge in [0.25, 0.3) is 0 Å². The van der Waals surface area contributed by atoms with Gasteiger partial charge in [-0.2, -0.15) is 0 Å². The van der Waals surface area contributed by atoms with E-state index in [4.69, 9.17) is 4.42 Å². The van der Waals surface area contributed by atoms with Crippen molar-refractivity contribution in [3.8, 4) is 11.3 Å². The van der Waals surface area contributed by atoms with Crippen LogP contribution in [-0.2, 0) is 0 Å². The van der Waals surface area contributed by atoms with E-state index in [1.165, 1.54) is 6.07 Å². The predicted molar refractivity (Wildman–Crippen MR) is 66.3 cm³/mol. The maximum atomic E-state index is 11.2. The van der Waals surface area contributed by atoms with Crippen molar-refractivity contribution >= 4 is 40.5 Å². The van der Waals surface area contributed by atoms with Crippen molar-refractivity contribution in [1.29, 1.82) is 0 Å². The molecule has 16 heavy (non-hydrogen) atoms. The Bertz CT molecular complexity index is 657. The van der Waals surface area contributed by atoms with E-state index >= 15 is 0 Å². The summed E-state index contributed by atoms with van der Waals surface area (Å²) in [6, 6.07) is 14.6. The van der Waals surface area contributed by atoms with Gasteiger partial charge in [-0.3, -0.25) is 4.79 Å². The summed E-state index contributed by atoms with van der Waals surface area (Å²) in [5.41, 5.74) is 1.73. The van der Waals surface area contributed by atoms with Crippen molar-refractivity contribution in [2.75, 3.05) is 0 Å². The van der Waals surface area contributed by atoms with E-state index in [9.17, 15) is 4.79 Å². The molecule has 2 aliphatic rings. The fourth-order valence-corrected chi connectivity index (χ4v) is 1.70. The molecule has 0 amide bonds. The van der Waals surface area contributed by atoms with Crippen LogP contribution in [0.25, 0.3) is 22.3 Å². The van der Waals surface area contributed by atoms with Crippen LogP contribution >= 0.6 is 0 Å². The molecule has 1 heterocycles. The molecule has 0 saturated carbocycles. The number of hydrogen-bond acceptors (Lipinski definition) is 2. The first kappa shape index (κ1) is 11.4. The van der Waals surface area contributed by atoms with Crippen molar-refractivity contribution in [3.63, 3.8) is 0 Å². The Morgan fingerprint density at radius 2 is 1.75 bits per heavy atom. The minimum absolute atomic E-state index is 0. The fraction of sp³-hybridized carbons (Fsp3) is 0. The zero-order valence-corrected chi connectivity index (χ0v) is 7.94. The topological polar surface area (TPSA) is 30.2 Å².